The molecule has 0 aliphatic heterocycles. The lowest BCUT2D eigenvalue weighted by molar-refractivity contribution is -0.114. The molecule has 10 heteroatoms. The van der Waals surface area contributed by atoms with Crippen LogP contribution in [0.4, 0.5) is 22.5 Å². The van der Waals surface area contributed by atoms with Gasteiger partial charge in [-0.1, -0.05) is 29.5 Å². The van der Waals surface area contributed by atoms with Crippen molar-refractivity contribution in [2.75, 3.05) is 16.0 Å². The van der Waals surface area contributed by atoms with Crippen LogP contribution in [0.15, 0.2) is 42.6 Å². The molecule has 3 N–H and O–H groups in total. The largest absolute Gasteiger partial charge is 0.324 e. The third-order valence-corrected chi connectivity index (χ3v) is 6.59. The van der Waals surface area contributed by atoms with Crippen LogP contribution in [0.3, 0.4) is 0 Å². The first-order valence-corrected chi connectivity index (χ1v) is 12.0. The Labute approximate surface area is 212 Å². The topological polar surface area (TPSA) is 133 Å². The van der Waals surface area contributed by atoms with Gasteiger partial charge in [-0.25, -0.2) is 9.97 Å². The molecule has 0 radical (unpaired) electrons. The molecule has 0 saturated heterocycles. The number of nitriles is 1. The number of carbonyl (C=O) groups is 2. The first-order valence-electron chi connectivity index (χ1n) is 11.2. The van der Waals surface area contributed by atoms with E-state index < -0.39 is 5.41 Å². The second-order valence-electron chi connectivity index (χ2n) is 8.91. The summed E-state index contributed by atoms with van der Waals surface area (Å²) in [6.07, 6.45) is 1.59. The summed E-state index contributed by atoms with van der Waals surface area (Å²) in [5, 5.41) is 18.8. The van der Waals surface area contributed by atoms with Crippen LogP contribution in [-0.4, -0.2) is 26.8 Å². The minimum atomic E-state index is -0.705. The van der Waals surface area contributed by atoms with Crippen LogP contribution in [0.5, 0.6) is 0 Å². The molecular formula is C26H25N7O2S. The van der Waals surface area contributed by atoms with Gasteiger partial charge >= 0.3 is 0 Å². The highest BCUT2D eigenvalue weighted by Gasteiger charge is 2.24. The predicted molar refractivity (Wildman–Crippen MR) is 142 cm³/mol. The highest BCUT2D eigenvalue weighted by Crippen LogP contribution is 2.29. The van der Waals surface area contributed by atoms with E-state index in [0.717, 1.165) is 22.4 Å². The first kappa shape index (κ1) is 24.8. The maximum Gasteiger partial charge on any atom is 0.255 e. The van der Waals surface area contributed by atoms with Gasteiger partial charge in [0, 0.05) is 23.9 Å². The summed E-state index contributed by atoms with van der Waals surface area (Å²) in [5.74, 6) is -0.0920. The number of aromatic nitrogens is 3. The summed E-state index contributed by atoms with van der Waals surface area (Å²) in [7, 11) is 0. The molecule has 0 fully saturated rings. The summed E-state index contributed by atoms with van der Waals surface area (Å²) >= 11 is 1.26. The molecule has 9 nitrogen and oxygen atoms in total. The van der Waals surface area contributed by atoms with E-state index in [2.05, 4.69) is 37.0 Å². The van der Waals surface area contributed by atoms with Gasteiger partial charge in [0.2, 0.25) is 11.9 Å². The van der Waals surface area contributed by atoms with Gasteiger partial charge in [-0.05, 0) is 62.6 Å². The van der Waals surface area contributed by atoms with Gasteiger partial charge in [-0.15, -0.1) is 0 Å². The summed E-state index contributed by atoms with van der Waals surface area (Å²) in [6, 6.07) is 13.2. The van der Waals surface area contributed by atoms with Crippen molar-refractivity contribution in [1.82, 2.24) is 15.0 Å². The van der Waals surface area contributed by atoms with E-state index in [4.69, 9.17) is 0 Å². The number of amides is 2. The van der Waals surface area contributed by atoms with E-state index in [1.807, 2.05) is 52.0 Å². The van der Waals surface area contributed by atoms with E-state index in [-0.39, 0.29) is 11.8 Å². The summed E-state index contributed by atoms with van der Waals surface area (Å²) in [6.45, 7) is 8.88. The first-order chi connectivity index (χ1) is 17.1. The summed E-state index contributed by atoms with van der Waals surface area (Å²) in [4.78, 5) is 38.1. The highest BCUT2D eigenvalue weighted by atomic mass is 32.1. The molecule has 0 aliphatic rings. The van der Waals surface area contributed by atoms with E-state index in [9.17, 15) is 14.9 Å². The smallest absolute Gasteiger partial charge is 0.255 e. The Morgan fingerprint density at radius 1 is 1.08 bits per heavy atom. The molecule has 0 bridgehead atoms. The number of fused-ring (bicyclic) bond motifs is 1. The van der Waals surface area contributed by atoms with Crippen LogP contribution < -0.4 is 16.0 Å². The van der Waals surface area contributed by atoms with Crippen LogP contribution in [0.25, 0.3) is 10.3 Å². The van der Waals surface area contributed by atoms with Crippen molar-refractivity contribution in [2.24, 2.45) is 0 Å². The zero-order valence-electron chi connectivity index (χ0n) is 20.6. The Morgan fingerprint density at radius 3 is 2.58 bits per heavy atom. The van der Waals surface area contributed by atoms with Crippen molar-refractivity contribution in [1.29, 1.82) is 5.26 Å². The second kappa shape index (κ2) is 9.71. The normalized spacial score (nSPS) is 11.1. The zero-order valence-corrected chi connectivity index (χ0v) is 21.4. The lowest BCUT2D eigenvalue weighted by Gasteiger charge is -2.20. The minimum Gasteiger partial charge on any atom is -0.324 e. The molecule has 182 valence electrons. The lowest BCUT2D eigenvalue weighted by Crippen LogP contribution is -2.20. The molecule has 2 heterocycles. The van der Waals surface area contributed by atoms with Gasteiger partial charge < -0.3 is 16.0 Å². The number of carbonyl (C=O) groups excluding carboxylic acids is 2. The maximum atomic E-state index is 13.1. The van der Waals surface area contributed by atoms with E-state index in [1.54, 1.807) is 18.3 Å². The Bertz CT molecular complexity index is 1540. The van der Waals surface area contributed by atoms with Gasteiger partial charge in [0.25, 0.3) is 5.91 Å². The van der Waals surface area contributed by atoms with Crippen LogP contribution in [0.1, 0.15) is 47.8 Å². The fourth-order valence-electron chi connectivity index (χ4n) is 3.77. The third-order valence-electron chi connectivity index (χ3n) is 5.71. The number of aryl methyl sites for hydroxylation is 1. The molecule has 2 amide bonds. The number of nitrogens with one attached hydrogen (secondary N) is 3. The minimum absolute atomic E-state index is 0.203. The van der Waals surface area contributed by atoms with Crippen LogP contribution in [-0.2, 0) is 10.2 Å². The quantitative estimate of drug-likeness (QED) is 0.321. The molecule has 0 spiro atoms. The van der Waals surface area contributed by atoms with Crippen molar-refractivity contribution >= 4 is 56.0 Å². The Balaban J connectivity index is 1.56. The van der Waals surface area contributed by atoms with Crippen molar-refractivity contribution in [3.63, 3.8) is 0 Å². The van der Waals surface area contributed by atoms with Crippen molar-refractivity contribution in [3.05, 3.63) is 64.8 Å². The molecule has 0 aliphatic carbocycles. The monoisotopic (exact) mass is 499 g/mol. The molecule has 0 saturated carbocycles. The molecule has 36 heavy (non-hydrogen) atoms. The van der Waals surface area contributed by atoms with Crippen molar-refractivity contribution in [3.8, 4) is 6.07 Å². The Morgan fingerprint density at radius 2 is 1.86 bits per heavy atom. The van der Waals surface area contributed by atoms with E-state index in [1.165, 1.54) is 18.3 Å². The third kappa shape index (κ3) is 5.16. The fraction of sp³-hybridized carbons (Fsp3) is 0.231. The van der Waals surface area contributed by atoms with Gasteiger partial charge in [0.15, 0.2) is 9.96 Å². The number of rotatable bonds is 6. The standard InChI is InChI=1S/C26H25N7O2S/c1-14-9-10-17(30-22(35)18-7-6-8-19(15(18)2)26(4,5)13-27)11-20(14)31-24-28-12-21-23(33-24)36-25(32-21)29-16(3)34/h6-12H,1-5H3,(H,30,35)(H,28,31,33)(H,29,32,34). The number of hydrogen-bond acceptors (Lipinski definition) is 8. The lowest BCUT2D eigenvalue weighted by atomic mass is 9.82. The molecular weight excluding hydrogens is 474 g/mol. The van der Waals surface area contributed by atoms with Crippen LogP contribution in [0, 0.1) is 25.2 Å². The summed E-state index contributed by atoms with van der Waals surface area (Å²) < 4.78 is 0. The van der Waals surface area contributed by atoms with E-state index in [0.29, 0.717) is 32.7 Å². The molecule has 2 aromatic heterocycles. The number of benzene rings is 2. The summed E-state index contributed by atoms with van der Waals surface area (Å²) in [5.41, 5.74) is 4.26. The average Bonchev–Trinajstić information content (AvgIpc) is 3.22. The predicted octanol–water partition coefficient (Wildman–Crippen LogP) is 5.46. The van der Waals surface area contributed by atoms with Crippen molar-refractivity contribution in [2.45, 2.75) is 40.0 Å². The zero-order chi connectivity index (χ0) is 26.0. The fourth-order valence-corrected chi connectivity index (χ4v) is 4.63. The highest BCUT2D eigenvalue weighted by molar-refractivity contribution is 7.21. The van der Waals surface area contributed by atoms with Gasteiger partial charge in [-0.3, -0.25) is 9.59 Å². The SMILES string of the molecule is CC(=O)Nc1nc2cnc(Nc3cc(NC(=O)c4cccc(C(C)(C)C#N)c4C)ccc3C)nc2s1. The number of hydrogen-bond donors (Lipinski definition) is 3. The van der Waals surface area contributed by atoms with E-state index >= 15 is 0 Å². The van der Waals surface area contributed by atoms with Gasteiger partial charge in [0.05, 0.1) is 17.7 Å². The van der Waals surface area contributed by atoms with Crippen LogP contribution >= 0.6 is 11.3 Å². The maximum absolute atomic E-state index is 13.1. The number of nitrogens with zero attached hydrogens (tertiary/aromatic N) is 4. The number of anilines is 4. The molecule has 2 aromatic carbocycles. The van der Waals surface area contributed by atoms with Gasteiger partial charge in [0.1, 0.15) is 5.52 Å². The Kier molecular flexibility index (Phi) is 6.68. The molecule has 0 atom stereocenters. The molecule has 4 rings (SSSR count). The average molecular weight is 500 g/mol. The van der Waals surface area contributed by atoms with Crippen molar-refractivity contribution < 1.29 is 9.59 Å². The molecule has 0 unspecified atom stereocenters. The Hall–Kier alpha value is -4.36. The molecule has 4 aromatic rings. The second-order valence-corrected chi connectivity index (χ2v) is 9.89. The van der Waals surface area contributed by atoms with Gasteiger partial charge in [-0.2, -0.15) is 10.2 Å². The van der Waals surface area contributed by atoms with Crippen LogP contribution in [0.2, 0.25) is 0 Å². The number of thiazole rings is 1.